The molecule has 4 heteroatoms. The molecule has 2 aromatic carbocycles. The number of cyclic esters (lactones) is 2. The summed E-state index contributed by atoms with van der Waals surface area (Å²) in [5.74, 6) is -1.01. The van der Waals surface area contributed by atoms with Crippen LogP contribution in [-0.2, 0) is 9.47 Å². The number of hydrogen-bond donors (Lipinski definition) is 0. The van der Waals surface area contributed by atoms with Crippen molar-refractivity contribution in [2.24, 2.45) is 0 Å². The van der Waals surface area contributed by atoms with Gasteiger partial charge in [-0.3, -0.25) is 0 Å². The van der Waals surface area contributed by atoms with Crippen molar-refractivity contribution in [1.82, 2.24) is 0 Å². The van der Waals surface area contributed by atoms with Gasteiger partial charge >= 0.3 is 11.9 Å². The molecule has 20 heavy (non-hydrogen) atoms. The highest BCUT2D eigenvalue weighted by atomic mass is 16.6. The van der Waals surface area contributed by atoms with E-state index in [4.69, 9.17) is 9.47 Å². The number of hydrogen-bond acceptors (Lipinski definition) is 4. The van der Waals surface area contributed by atoms with Crippen molar-refractivity contribution in [3.05, 3.63) is 71.3 Å². The van der Waals surface area contributed by atoms with Gasteiger partial charge in [0.05, 0.1) is 11.1 Å². The lowest BCUT2D eigenvalue weighted by Crippen LogP contribution is -2.24. The second-order valence-electron chi connectivity index (χ2n) is 4.45. The Balaban J connectivity index is 1.96. The number of fused-ring (bicyclic) bond motifs is 1. The van der Waals surface area contributed by atoms with Crippen molar-refractivity contribution >= 4 is 11.9 Å². The van der Waals surface area contributed by atoms with Gasteiger partial charge < -0.3 is 9.47 Å². The van der Waals surface area contributed by atoms with E-state index in [0.29, 0.717) is 0 Å². The highest BCUT2D eigenvalue weighted by Gasteiger charge is 2.27. The number of rotatable bonds is 1. The minimum atomic E-state index is -0.582. The summed E-state index contributed by atoms with van der Waals surface area (Å²) >= 11 is 0. The van der Waals surface area contributed by atoms with Gasteiger partial charge in [-0.1, -0.05) is 42.5 Å². The van der Waals surface area contributed by atoms with Crippen LogP contribution in [0.2, 0.25) is 0 Å². The third-order valence-electron chi connectivity index (χ3n) is 3.15. The predicted octanol–water partition coefficient (Wildman–Crippen LogP) is 2.76. The van der Waals surface area contributed by atoms with Crippen molar-refractivity contribution < 1.29 is 19.1 Å². The molecule has 0 saturated heterocycles. The van der Waals surface area contributed by atoms with Crippen molar-refractivity contribution in [3.8, 4) is 0 Å². The topological polar surface area (TPSA) is 52.6 Å². The zero-order valence-electron chi connectivity index (χ0n) is 10.6. The van der Waals surface area contributed by atoms with Crippen molar-refractivity contribution in [2.45, 2.75) is 6.10 Å². The molecule has 1 atom stereocenters. The fourth-order valence-corrected chi connectivity index (χ4v) is 2.13. The zero-order valence-corrected chi connectivity index (χ0v) is 10.6. The first kappa shape index (κ1) is 12.4. The smallest absolute Gasteiger partial charge is 0.339 e. The van der Waals surface area contributed by atoms with Gasteiger partial charge in [0.1, 0.15) is 6.61 Å². The largest absolute Gasteiger partial charge is 0.458 e. The van der Waals surface area contributed by atoms with Crippen LogP contribution >= 0.6 is 0 Å². The Morgan fingerprint density at radius 2 is 1.40 bits per heavy atom. The van der Waals surface area contributed by atoms with E-state index in [1.54, 1.807) is 24.3 Å². The molecule has 0 aromatic heterocycles. The Labute approximate surface area is 115 Å². The molecule has 2 aromatic rings. The van der Waals surface area contributed by atoms with Crippen LogP contribution in [0.25, 0.3) is 0 Å². The summed E-state index contributed by atoms with van der Waals surface area (Å²) in [5.41, 5.74) is 1.27. The molecule has 3 rings (SSSR count). The van der Waals surface area contributed by atoms with Gasteiger partial charge in [0.2, 0.25) is 0 Å². The molecular weight excluding hydrogens is 256 g/mol. The van der Waals surface area contributed by atoms with Gasteiger partial charge in [0, 0.05) is 0 Å². The van der Waals surface area contributed by atoms with Crippen LogP contribution in [0.15, 0.2) is 54.6 Å². The highest BCUT2D eigenvalue weighted by Crippen LogP contribution is 2.24. The maximum atomic E-state index is 12.2. The zero-order chi connectivity index (χ0) is 13.9. The number of carbonyl (C=O) groups excluding carboxylic acids is 2. The lowest BCUT2D eigenvalue weighted by Gasteiger charge is -2.22. The molecule has 0 radical (unpaired) electrons. The number of carbonyl (C=O) groups is 2. The summed E-state index contributed by atoms with van der Waals surface area (Å²) in [4.78, 5) is 24.1. The van der Waals surface area contributed by atoms with E-state index in [1.807, 2.05) is 30.3 Å². The third-order valence-corrected chi connectivity index (χ3v) is 3.15. The Kier molecular flexibility index (Phi) is 3.21. The molecule has 1 heterocycles. The lowest BCUT2D eigenvalue weighted by atomic mass is 10.1. The van der Waals surface area contributed by atoms with Crippen LogP contribution in [0.5, 0.6) is 0 Å². The lowest BCUT2D eigenvalue weighted by molar-refractivity contribution is -0.00521. The summed E-state index contributed by atoms with van der Waals surface area (Å²) in [6.07, 6.45) is -0.582. The summed E-state index contributed by atoms with van der Waals surface area (Å²) in [6, 6.07) is 15.7. The van der Waals surface area contributed by atoms with Gasteiger partial charge in [0.15, 0.2) is 6.10 Å². The van der Waals surface area contributed by atoms with E-state index in [9.17, 15) is 9.59 Å². The van der Waals surface area contributed by atoms with E-state index in [2.05, 4.69) is 0 Å². The van der Waals surface area contributed by atoms with Crippen LogP contribution in [0.1, 0.15) is 32.4 Å². The molecule has 0 fully saturated rings. The Morgan fingerprint density at radius 1 is 0.800 bits per heavy atom. The molecule has 1 unspecified atom stereocenters. The van der Waals surface area contributed by atoms with E-state index in [0.717, 1.165) is 5.56 Å². The normalized spacial score (nSPS) is 18.3. The molecule has 1 aliphatic heterocycles. The molecule has 0 aliphatic carbocycles. The molecule has 0 N–H and O–H groups in total. The summed E-state index contributed by atoms with van der Waals surface area (Å²) in [7, 11) is 0. The molecule has 0 bridgehead atoms. The van der Waals surface area contributed by atoms with E-state index < -0.39 is 18.0 Å². The quantitative estimate of drug-likeness (QED) is 0.746. The highest BCUT2D eigenvalue weighted by molar-refractivity contribution is 6.03. The first-order chi connectivity index (χ1) is 9.75. The standard InChI is InChI=1S/C16H12O4/c17-15-12-8-4-5-9-13(12)16(18)20-14(10-19-15)11-6-2-1-3-7-11/h1-9,14H,10H2. The van der Waals surface area contributed by atoms with Gasteiger partial charge in [-0.25, -0.2) is 9.59 Å². The van der Waals surface area contributed by atoms with Crippen LogP contribution < -0.4 is 0 Å². The SMILES string of the molecule is O=C1OCC(c2ccccc2)OC(=O)c2ccccc21. The Bertz CT molecular complexity index is 649. The Hall–Kier alpha value is -2.62. The molecule has 1 aliphatic rings. The predicted molar refractivity (Wildman–Crippen MR) is 71.3 cm³/mol. The molecule has 4 nitrogen and oxygen atoms in total. The second kappa shape index (κ2) is 5.17. The molecule has 0 spiro atoms. The van der Waals surface area contributed by atoms with Crippen molar-refractivity contribution in [3.63, 3.8) is 0 Å². The molecule has 0 amide bonds. The minimum Gasteiger partial charge on any atom is -0.458 e. The summed E-state index contributed by atoms with van der Waals surface area (Å²) in [6.45, 7) is 0.0168. The molecular formula is C16H12O4. The minimum absolute atomic E-state index is 0.0168. The van der Waals surface area contributed by atoms with Crippen LogP contribution in [0, 0.1) is 0 Å². The number of ether oxygens (including phenoxy) is 2. The second-order valence-corrected chi connectivity index (χ2v) is 4.45. The fraction of sp³-hybridized carbons (Fsp3) is 0.125. The maximum Gasteiger partial charge on any atom is 0.339 e. The van der Waals surface area contributed by atoms with E-state index in [1.165, 1.54) is 0 Å². The maximum absolute atomic E-state index is 12.2. The average Bonchev–Trinajstić information content (AvgIpc) is 2.50. The first-order valence-corrected chi connectivity index (χ1v) is 6.28. The van der Waals surface area contributed by atoms with Gasteiger partial charge in [-0.2, -0.15) is 0 Å². The average molecular weight is 268 g/mol. The number of benzene rings is 2. The van der Waals surface area contributed by atoms with Gasteiger partial charge in [-0.05, 0) is 17.7 Å². The van der Waals surface area contributed by atoms with Gasteiger partial charge in [0.25, 0.3) is 0 Å². The first-order valence-electron chi connectivity index (χ1n) is 6.28. The Morgan fingerprint density at radius 3 is 2.10 bits per heavy atom. The van der Waals surface area contributed by atoms with Crippen LogP contribution in [0.4, 0.5) is 0 Å². The molecule has 0 saturated carbocycles. The van der Waals surface area contributed by atoms with Crippen LogP contribution in [0.3, 0.4) is 0 Å². The van der Waals surface area contributed by atoms with Crippen molar-refractivity contribution in [2.75, 3.05) is 6.61 Å². The van der Waals surface area contributed by atoms with E-state index in [-0.39, 0.29) is 17.7 Å². The van der Waals surface area contributed by atoms with Gasteiger partial charge in [-0.15, -0.1) is 0 Å². The fourth-order valence-electron chi connectivity index (χ4n) is 2.13. The third kappa shape index (κ3) is 2.28. The number of esters is 2. The monoisotopic (exact) mass is 268 g/mol. The van der Waals surface area contributed by atoms with E-state index >= 15 is 0 Å². The summed E-state index contributed by atoms with van der Waals surface area (Å²) in [5, 5.41) is 0. The summed E-state index contributed by atoms with van der Waals surface area (Å²) < 4.78 is 10.6. The molecule has 100 valence electrons. The van der Waals surface area contributed by atoms with Crippen LogP contribution in [-0.4, -0.2) is 18.5 Å². The van der Waals surface area contributed by atoms with Crippen molar-refractivity contribution in [1.29, 1.82) is 0 Å².